The largest absolute Gasteiger partial charge is 0.381 e. The number of hydrogen-bond acceptors (Lipinski definition) is 5. The third-order valence-electron chi connectivity index (χ3n) is 5.51. The molecule has 4 rings (SSSR count). The van der Waals surface area contributed by atoms with Gasteiger partial charge in [0.25, 0.3) is 15.6 Å². The highest BCUT2D eigenvalue weighted by molar-refractivity contribution is 7.90. The monoisotopic (exact) mass is 487 g/mol. The van der Waals surface area contributed by atoms with Crippen LogP contribution in [0.5, 0.6) is 0 Å². The van der Waals surface area contributed by atoms with Crippen molar-refractivity contribution in [1.29, 1.82) is 0 Å². The molecule has 0 unspecified atom stereocenters. The highest BCUT2D eigenvalue weighted by Gasteiger charge is 2.24. The number of hydrogen-bond donors (Lipinski definition) is 2. The Kier molecular flexibility index (Phi) is 6.73. The molecule has 1 aromatic heterocycles. The second-order valence-electron chi connectivity index (χ2n) is 8.40. The van der Waals surface area contributed by atoms with E-state index in [0.29, 0.717) is 11.9 Å². The van der Waals surface area contributed by atoms with E-state index in [1.165, 1.54) is 6.34 Å². The van der Waals surface area contributed by atoms with Crippen LogP contribution in [0.1, 0.15) is 12.0 Å². The second kappa shape index (κ2) is 9.54. The van der Waals surface area contributed by atoms with Gasteiger partial charge in [0.15, 0.2) is 0 Å². The molecule has 1 fully saturated rings. The molecule has 2 aromatic carbocycles. The summed E-state index contributed by atoms with van der Waals surface area (Å²) >= 11 is 6.17. The summed E-state index contributed by atoms with van der Waals surface area (Å²) in [6.45, 7) is 2.31. The first-order valence-corrected chi connectivity index (χ1v) is 12.4. The van der Waals surface area contributed by atoms with Gasteiger partial charge in [-0.15, -0.1) is 4.40 Å². The molecule has 0 aliphatic carbocycles. The van der Waals surface area contributed by atoms with E-state index in [0.717, 1.165) is 36.1 Å². The number of sulfonamides is 1. The SMILES string of the molecule is CN(C)/C=N/S(=O)(=O)c1cc(CN2CC[C@H](Nc3ccc4c(=O)[nH]ccc4c3)C2)ccc1Cl. The first-order valence-electron chi connectivity index (χ1n) is 10.6. The number of rotatable bonds is 7. The molecule has 0 spiro atoms. The molecule has 0 bridgehead atoms. The van der Waals surface area contributed by atoms with Crippen LogP contribution in [0, 0.1) is 0 Å². The molecule has 0 radical (unpaired) electrons. The van der Waals surface area contributed by atoms with E-state index in [1.807, 2.05) is 30.3 Å². The summed E-state index contributed by atoms with van der Waals surface area (Å²) in [6.07, 6.45) is 3.86. The number of nitrogens with one attached hydrogen (secondary N) is 2. The maximum absolute atomic E-state index is 12.6. The molecule has 2 heterocycles. The van der Waals surface area contributed by atoms with Gasteiger partial charge in [0.1, 0.15) is 11.2 Å². The zero-order chi connectivity index (χ0) is 23.6. The molecule has 0 saturated carbocycles. The Balaban J connectivity index is 1.43. The number of halogens is 1. The summed E-state index contributed by atoms with van der Waals surface area (Å²) in [5.74, 6) is 0. The van der Waals surface area contributed by atoms with Gasteiger partial charge in [-0.2, -0.15) is 8.42 Å². The van der Waals surface area contributed by atoms with Gasteiger partial charge < -0.3 is 15.2 Å². The fraction of sp³-hybridized carbons (Fsp3) is 0.304. The van der Waals surface area contributed by atoms with Gasteiger partial charge in [0.2, 0.25) is 0 Å². The van der Waals surface area contributed by atoms with Crippen LogP contribution in [-0.4, -0.2) is 62.8 Å². The minimum atomic E-state index is -3.87. The standard InChI is InChI=1S/C23H26ClN5O3S/c1-28(2)15-26-33(31,32)22-11-16(3-6-21(22)24)13-29-10-8-19(14-29)27-18-4-5-20-17(12-18)7-9-25-23(20)30/h3-7,9,11-12,15,19,27H,8,10,13-14H2,1-2H3,(H,25,30)/b26-15+/t19-/m0/s1. The molecule has 1 aliphatic rings. The minimum Gasteiger partial charge on any atom is -0.381 e. The van der Waals surface area contributed by atoms with E-state index in [2.05, 4.69) is 19.6 Å². The lowest BCUT2D eigenvalue weighted by Crippen LogP contribution is -2.26. The van der Waals surface area contributed by atoms with Gasteiger partial charge in [-0.1, -0.05) is 17.7 Å². The van der Waals surface area contributed by atoms with Crippen molar-refractivity contribution in [2.24, 2.45) is 4.40 Å². The zero-order valence-corrected chi connectivity index (χ0v) is 20.0. The highest BCUT2D eigenvalue weighted by atomic mass is 35.5. The number of aromatic amines is 1. The number of fused-ring (bicyclic) bond motifs is 1. The van der Waals surface area contributed by atoms with E-state index in [-0.39, 0.29) is 21.5 Å². The number of nitrogens with zero attached hydrogens (tertiary/aromatic N) is 3. The molecule has 33 heavy (non-hydrogen) atoms. The van der Waals surface area contributed by atoms with Crippen molar-refractivity contribution in [1.82, 2.24) is 14.8 Å². The van der Waals surface area contributed by atoms with E-state index in [9.17, 15) is 13.2 Å². The molecule has 8 nitrogen and oxygen atoms in total. The van der Waals surface area contributed by atoms with Crippen molar-refractivity contribution in [3.8, 4) is 0 Å². The van der Waals surface area contributed by atoms with Crippen LogP contribution in [0.25, 0.3) is 10.8 Å². The predicted molar refractivity (Wildman–Crippen MR) is 133 cm³/mol. The van der Waals surface area contributed by atoms with Crippen molar-refractivity contribution in [3.05, 3.63) is 69.6 Å². The number of aromatic nitrogens is 1. The topological polar surface area (TPSA) is 97.9 Å². The van der Waals surface area contributed by atoms with Crippen LogP contribution in [0.2, 0.25) is 5.02 Å². The Morgan fingerprint density at radius 3 is 2.85 bits per heavy atom. The van der Waals surface area contributed by atoms with Gasteiger partial charge >= 0.3 is 0 Å². The maximum atomic E-state index is 12.6. The average molecular weight is 488 g/mol. The van der Waals surface area contributed by atoms with Gasteiger partial charge in [-0.25, -0.2) is 0 Å². The third-order valence-corrected chi connectivity index (χ3v) is 7.22. The number of likely N-dealkylation sites (tertiary alicyclic amines) is 1. The lowest BCUT2D eigenvalue weighted by molar-refractivity contribution is 0.328. The van der Waals surface area contributed by atoms with E-state index >= 15 is 0 Å². The third kappa shape index (κ3) is 5.55. The zero-order valence-electron chi connectivity index (χ0n) is 18.5. The number of anilines is 1. The molecule has 1 aliphatic heterocycles. The molecule has 2 N–H and O–H groups in total. The van der Waals surface area contributed by atoms with Gasteiger partial charge in [-0.05, 0) is 53.8 Å². The lowest BCUT2D eigenvalue weighted by atomic mass is 10.1. The molecule has 1 atom stereocenters. The van der Waals surface area contributed by atoms with Crippen LogP contribution >= 0.6 is 11.6 Å². The van der Waals surface area contributed by atoms with E-state index in [4.69, 9.17) is 11.6 Å². The summed E-state index contributed by atoms with van der Waals surface area (Å²) in [5, 5.41) is 5.26. The fourth-order valence-corrected chi connectivity index (χ4v) is 5.38. The summed E-state index contributed by atoms with van der Waals surface area (Å²) < 4.78 is 28.8. The molecule has 0 amide bonds. The van der Waals surface area contributed by atoms with Crippen LogP contribution < -0.4 is 10.9 Å². The molecule has 10 heteroatoms. The predicted octanol–water partition coefficient (Wildman–Crippen LogP) is 3.15. The van der Waals surface area contributed by atoms with Crippen molar-refractivity contribution < 1.29 is 8.42 Å². The minimum absolute atomic E-state index is 0.0137. The van der Waals surface area contributed by atoms with Gasteiger partial charge in [-0.3, -0.25) is 9.69 Å². The smallest absolute Gasteiger partial charge is 0.285 e. The second-order valence-corrected chi connectivity index (χ2v) is 10.4. The van der Waals surface area contributed by atoms with Crippen LogP contribution in [0.15, 0.2) is 62.7 Å². The summed E-state index contributed by atoms with van der Waals surface area (Å²) in [7, 11) is -0.472. The van der Waals surface area contributed by atoms with E-state index in [1.54, 1.807) is 37.3 Å². The Bertz CT molecular complexity index is 1350. The van der Waals surface area contributed by atoms with Crippen LogP contribution in [0.4, 0.5) is 5.69 Å². The first-order chi connectivity index (χ1) is 15.7. The summed E-state index contributed by atoms with van der Waals surface area (Å²) in [4.78, 5) is 18.4. The normalized spacial score (nSPS) is 17.1. The average Bonchev–Trinajstić information content (AvgIpc) is 3.20. The molecule has 174 valence electrons. The van der Waals surface area contributed by atoms with Crippen LogP contribution in [0.3, 0.4) is 0 Å². The fourth-order valence-electron chi connectivity index (χ4n) is 3.93. The molecular weight excluding hydrogens is 462 g/mol. The number of pyridine rings is 1. The number of H-pyrrole nitrogens is 1. The molecule has 3 aromatic rings. The van der Waals surface area contributed by atoms with E-state index < -0.39 is 10.0 Å². The van der Waals surface area contributed by atoms with Crippen LogP contribution in [-0.2, 0) is 16.6 Å². The summed E-state index contributed by atoms with van der Waals surface area (Å²) in [5.41, 5.74) is 1.74. The first kappa shape index (κ1) is 23.3. The number of benzene rings is 2. The molecule has 1 saturated heterocycles. The van der Waals surface area contributed by atoms with Gasteiger partial charge in [0, 0.05) is 57.0 Å². The Morgan fingerprint density at radius 2 is 2.06 bits per heavy atom. The van der Waals surface area contributed by atoms with Crippen molar-refractivity contribution >= 4 is 44.4 Å². The van der Waals surface area contributed by atoms with Crippen molar-refractivity contribution in [3.63, 3.8) is 0 Å². The van der Waals surface area contributed by atoms with Crippen molar-refractivity contribution in [2.75, 3.05) is 32.5 Å². The Hall–Kier alpha value is -2.88. The summed E-state index contributed by atoms with van der Waals surface area (Å²) in [6, 6.07) is 12.9. The maximum Gasteiger partial charge on any atom is 0.285 e. The molecular formula is C23H26ClN5O3S. The van der Waals surface area contributed by atoms with Crippen molar-refractivity contribution in [2.45, 2.75) is 23.9 Å². The quantitative estimate of drug-likeness (QED) is 0.392. The van der Waals surface area contributed by atoms with Gasteiger partial charge in [0.05, 0.1) is 5.02 Å². The Labute approximate surface area is 197 Å². The Morgan fingerprint density at radius 1 is 1.24 bits per heavy atom. The highest BCUT2D eigenvalue weighted by Crippen LogP contribution is 2.26. The lowest BCUT2D eigenvalue weighted by Gasteiger charge is -2.18.